The molecule has 0 fully saturated rings. The minimum Gasteiger partial charge on any atom is -0.284 e. The molecular weight excluding hydrogens is 254 g/mol. The van der Waals surface area contributed by atoms with Crippen molar-refractivity contribution in [3.8, 4) is 0 Å². The van der Waals surface area contributed by atoms with E-state index < -0.39 is 40.4 Å². The average molecular weight is 259 g/mol. The zero-order chi connectivity index (χ0) is 13.4. The summed E-state index contributed by atoms with van der Waals surface area (Å²) in [5.41, 5.74) is -1.67. The van der Waals surface area contributed by atoms with Gasteiger partial charge < -0.3 is 0 Å². The molecule has 1 aliphatic heterocycles. The van der Waals surface area contributed by atoms with Crippen LogP contribution in [0.1, 0.15) is 0 Å². The molecule has 0 aromatic heterocycles. The normalized spacial score (nSPS) is 20.5. The predicted molar refractivity (Wildman–Crippen MR) is 52.4 cm³/mol. The number of hydroxylamine groups is 2. The van der Waals surface area contributed by atoms with E-state index in [2.05, 4.69) is 0 Å². The van der Waals surface area contributed by atoms with Crippen LogP contribution in [0, 0.1) is 0 Å². The van der Waals surface area contributed by atoms with Crippen LogP contribution >= 0.6 is 0 Å². The maximum atomic E-state index is 13.5. The first-order chi connectivity index (χ1) is 8.45. The fourth-order valence-electron chi connectivity index (χ4n) is 1.47. The third kappa shape index (κ3) is 1.68. The van der Waals surface area contributed by atoms with Gasteiger partial charge in [0.2, 0.25) is 11.7 Å². The van der Waals surface area contributed by atoms with Crippen molar-refractivity contribution in [2.45, 2.75) is 0 Å². The largest absolute Gasteiger partial charge is 0.284 e. The molecule has 0 saturated carbocycles. The standard InChI is InChI=1S/C11H5F4NO2/c12-7-6(5-3-1-2-4-16(5)18)8(13)10(15)11(17)9(7)14/h1-4,18H. The maximum Gasteiger partial charge on any atom is 0.255 e. The highest BCUT2D eigenvalue weighted by Gasteiger charge is 2.36. The molecule has 1 aliphatic carbocycles. The molecule has 0 bridgehead atoms. The summed E-state index contributed by atoms with van der Waals surface area (Å²) in [5, 5.41) is 9.61. The summed E-state index contributed by atoms with van der Waals surface area (Å²) in [4.78, 5) is 10.8. The number of rotatable bonds is 0. The molecule has 0 amide bonds. The van der Waals surface area contributed by atoms with Gasteiger partial charge in [-0.1, -0.05) is 6.08 Å². The van der Waals surface area contributed by atoms with E-state index in [4.69, 9.17) is 0 Å². The van der Waals surface area contributed by atoms with E-state index in [-0.39, 0.29) is 5.06 Å². The number of allylic oxidation sites excluding steroid dienone is 8. The first-order valence-corrected chi connectivity index (χ1v) is 4.68. The van der Waals surface area contributed by atoms with Crippen LogP contribution in [0.5, 0.6) is 0 Å². The summed E-state index contributed by atoms with van der Waals surface area (Å²) in [5.74, 6) is -9.77. The molecule has 1 N–H and O–H groups in total. The lowest BCUT2D eigenvalue weighted by Gasteiger charge is -2.20. The molecule has 7 heteroatoms. The lowest BCUT2D eigenvalue weighted by atomic mass is 10.0. The SMILES string of the molecule is O=C1C(F)=C(F)C(=C2C=CC=CN2O)C(F)=C1F. The molecule has 0 saturated heterocycles. The van der Waals surface area contributed by atoms with Gasteiger partial charge in [-0.15, -0.1) is 0 Å². The Hall–Kier alpha value is -2.15. The van der Waals surface area contributed by atoms with Crippen LogP contribution < -0.4 is 0 Å². The van der Waals surface area contributed by atoms with Gasteiger partial charge >= 0.3 is 0 Å². The topological polar surface area (TPSA) is 40.5 Å². The summed E-state index contributed by atoms with van der Waals surface area (Å²) >= 11 is 0. The third-order valence-corrected chi connectivity index (χ3v) is 2.32. The van der Waals surface area contributed by atoms with Crippen molar-refractivity contribution in [2.75, 3.05) is 0 Å². The van der Waals surface area contributed by atoms with Crippen LogP contribution in [0.3, 0.4) is 0 Å². The Morgan fingerprint density at radius 1 is 0.944 bits per heavy atom. The molecule has 1 heterocycles. The maximum absolute atomic E-state index is 13.5. The van der Waals surface area contributed by atoms with Gasteiger partial charge in [0.25, 0.3) is 5.78 Å². The van der Waals surface area contributed by atoms with Crippen LogP contribution in [0.2, 0.25) is 0 Å². The molecule has 3 nitrogen and oxygen atoms in total. The number of nitrogens with zero attached hydrogens (tertiary/aromatic N) is 1. The molecule has 2 rings (SSSR count). The van der Waals surface area contributed by atoms with Gasteiger partial charge in [0.1, 0.15) is 0 Å². The predicted octanol–water partition coefficient (Wildman–Crippen LogP) is 2.90. The smallest absolute Gasteiger partial charge is 0.255 e. The summed E-state index contributed by atoms with van der Waals surface area (Å²) in [6.45, 7) is 0. The number of carbonyl (C=O) groups is 1. The van der Waals surface area contributed by atoms with E-state index in [1.165, 1.54) is 12.2 Å². The lowest BCUT2D eigenvalue weighted by Crippen LogP contribution is -2.18. The second-order valence-corrected chi connectivity index (χ2v) is 3.39. The van der Waals surface area contributed by atoms with Crippen molar-refractivity contribution in [3.63, 3.8) is 0 Å². The highest BCUT2D eigenvalue weighted by atomic mass is 19.2. The number of halogens is 4. The van der Waals surface area contributed by atoms with Crippen molar-refractivity contribution in [2.24, 2.45) is 0 Å². The quantitative estimate of drug-likeness (QED) is 0.680. The third-order valence-electron chi connectivity index (χ3n) is 2.32. The van der Waals surface area contributed by atoms with Crippen molar-refractivity contribution < 1.29 is 27.6 Å². The number of hydrogen-bond acceptors (Lipinski definition) is 3. The van der Waals surface area contributed by atoms with Gasteiger partial charge in [-0.05, 0) is 12.2 Å². The second kappa shape index (κ2) is 4.26. The van der Waals surface area contributed by atoms with Crippen LogP contribution in [-0.4, -0.2) is 16.1 Å². The fourth-order valence-corrected chi connectivity index (χ4v) is 1.47. The zero-order valence-electron chi connectivity index (χ0n) is 8.62. The molecular formula is C11H5F4NO2. The van der Waals surface area contributed by atoms with Gasteiger partial charge in [-0.3, -0.25) is 10.0 Å². The first-order valence-electron chi connectivity index (χ1n) is 4.68. The van der Waals surface area contributed by atoms with Crippen molar-refractivity contribution in [3.05, 3.63) is 59.0 Å². The van der Waals surface area contributed by atoms with Crippen molar-refractivity contribution >= 4 is 5.78 Å². The molecule has 94 valence electrons. The summed E-state index contributed by atoms with van der Waals surface area (Å²) in [6, 6.07) is 0. The highest BCUT2D eigenvalue weighted by molar-refractivity contribution is 6.08. The number of Topliss-reactive ketones (excluding diaryl/α,β-unsaturated/α-hetero) is 1. The van der Waals surface area contributed by atoms with Gasteiger partial charge in [0.15, 0.2) is 11.7 Å². The Balaban J connectivity index is 2.70. The minimum atomic E-state index is -2.03. The van der Waals surface area contributed by atoms with E-state index in [0.717, 1.165) is 12.3 Å². The Morgan fingerprint density at radius 3 is 2.00 bits per heavy atom. The lowest BCUT2D eigenvalue weighted by molar-refractivity contribution is -0.115. The second-order valence-electron chi connectivity index (χ2n) is 3.39. The van der Waals surface area contributed by atoms with Crippen molar-refractivity contribution in [1.82, 2.24) is 5.06 Å². The number of hydrogen-bond donors (Lipinski definition) is 1. The van der Waals surface area contributed by atoms with E-state index in [0.29, 0.717) is 0 Å². The summed E-state index contributed by atoms with van der Waals surface area (Å²) in [7, 11) is 0. The Morgan fingerprint density at radius 2 is 1.50 bits per heavy atom. The van der Waals surface area contributed by atoms with Gasteiger partial charge in [-0.25, -0.2) is 13.8 Å². The molecule has 0 aromatic rings. The fraction of sp³-hybridized carbons (Fsp3) is 0. The number of ketones is 1. The Bertz CT molecular complexity index is 554. The van der Waals surface area contributed by atoms with E-state index in [1.54, 1.807) is 0 Å². The van der Waals surface area contributed by atoms with Gasteiger partial charge in [0.05, 0.1) is 11.3 Å². The van der Waals surface area contributed by atoms with E-state index in [9.17, 15) is 27.6 Å². The molecule has 0 unspecified atom stereocenters. The summed E-state index contributed by atoms with van der Waals surface area (Å²) < 4.78 is 53.1. The average Bonchev–Trinajstić information content (AvgIpc) is 2.36. The van der Waals surface area contributed by atoms with Crippen LogP contribution in [0.25, 0.3) is 0 Å². The molecule has 0 radical (unpaired) electrons. The minimum absolute atomic E-state index is 0.283. The molecule has 0 aromatic carbocycles. The van der Waals surface area contributed by atoms with Gasteiger partial charge in [0, 0.05) is 6.20 Å². The zero-order valence-corrected chi connectivity index (χ0v) is 8.62. The molecule has 18 heavy (non-hydrogen) atoms. The monoisotopic (exact) mass is 259 g/mol. The molecule has 0 atom stereocenters. The van der Waals surface area contributed by atoms with E-state index >= 15 is 0 Å². The van der Waals surface area contributed by atoms with Crippen LogP contribution in [-0.2, 0) is 4.79 Å². The molecule has 0 spiro atoms. The molecule has 2 aliphatic rings. The van der Waals surface area contributed by atoms with Crippen LogP contribution in [0.15, 0.2) is 59.0 Å². The highest BCUT2D eigenvalue weighted by Crippen LogP contribution is 2.38. The van der Waals surface area contributed by atoms with Gasteiger partial charge in [-0.2, -0.15) is 8.78 Å². The van der Waals surface area contributed by atoms with Crippen LogP contribution in [0.4, 0.5) is 17.6 Å². The number of carbonyl (C=O) groups excluding carboxylic acids is 1. The first kappa shape index (κ1) is 12.3. The Kier molecular flexibility index (Phi) is 2.92. The van der Waals surface area contributed by atoms with E-state index in [1.807, 2.05) is 0 Å². The van der Waals surface area contributed by atoms with Crippen molar-refractivity contribution in [1.29, 1.82) is 0 Å². The summed E-state index contributed by atoms with van der Waals surface area (Å²) in [6.07, 6.45) is 4.66. The Labute approximate surface area is 98.3 Å².